The van der Waals surface area contributed by atoms with Crippen LogP contribution in [0.1, 0.15) is 13.3 Å². The summed E-state index contributed by atoms with van der Waals surface area (Å²) < 4.78 is 5.60. The second-order valence-corrected chi connectivity index (χ2v) is 4.57. The average molecular weight is 243 g/mol. The first-order chi connectivity index (χ1) is 7.50. The molecule has 1 rings (SSSR count). The van der Waals surface area contributed by atoms with Gasteiger partial charge in [0.05, 0.1) is 12.3 Å². The number of benzene rings is 1. The summed E-state index contributed by atoms with van der Waals surface area (Å²) >= 11 is 5.86. The number of nitrogen functional groups attached to an aromatic ring is 1. The predicted molar refractivity (Wildman–Crippen MR) is 69.1 cm³/mol. The molecule has 0 amide bonds. The van der Waals surface area contributed by atoms with Gasteiger partial charge >= 0.3 is 0 Å². The van der Waals surface area contributed by atoms with Crippen LogP contribution in [0.3, 0.4) is 0 Å². The molecule has 0 fully saturated rings. The summed E-state index contributed by atoms with van der Waals surface area (Å²) in [4.78, 5) is 2.16. The lowest BCUT2D eigenvalue weighted by atomic mass is 10.2. The summed E-state index contributed by atoms with van der Waals surface area (Å²) in [7, 11) is 4.11. The van der Waals surface area contributed by atoms with Crippen LogP contribution in [0.4, 0.5) is 5.69 Å². The lowest BCUT2D eigenvalue weighted by Gasteiger charge is -2.19. The number of nitrogens with zero attached hydrogens (tertiary/aromatic N) is 1. The van der Waals surface area contributed by atoms with E-state index >= 15 is 0 Å². The predicted octanol–water partition coefficient (Wildman–Crippen LogP) is 2.64. The highest BCUT2D eigenvalue weighted by molar-refractivity contribution is 6.30. The molecule has 0 heterocycles. The minimum Gasteiger partial charge on any atom is -0.491 e. The van der Waals surface area contributed by atoms with E-state index in [0.717, 1.165) is 6.42 Å². The second kappa shape index (κ2) is 5.97. The van der Waals surface area contributed by atoms with Gasteiger partial charge in [-0.25, -0.2) is 0 Å². The first-order valence-electron chi connectivity index (χ1n) is 5.35. The first kappa shape index (κ1) is 13.1. The van der Waals surface area contributed by atoms with Crippen LogP contribution in [0.2, 0.25) is 5.02 Å². The summed E-state index contributed by atoms with van der Waals surface area (Å²) in [5, 5.41) is 0.643. The highest BCUT2D eigenvalue weighted by Gasteiger charge is 2.06. The largest absolute Gasteiger partial charge is 0.491 e. The Hall–Kier alpha value is -0.930. The molecule has 1 unspecified atom stereocenters. The van der Waals surface area contributed by atoms with Gasteiger partial charge < -0.3 is 15.4 Å². The van der Waals surface area contributed by atoms with E-state index in [-0.39, 0.29) is 0 Å². The molecule has 0 aliphatic carbocycles. The molecule has 0 aromatic heterocycles. The molecule has 16 heavy (non-hydrogen) atoms. The van der Waals surface area contributed by atoms with Crippen molar-refractivity contribution in [3.8, 4) is 5.75 Å². The van der Waals surface area contributed by atoms with Crippen molar-refractivity contribution in [3.05, 3.63) is 23.2 Å². The molecule has 0 aliphatic rings. The third kappa shape index (κ3) is 3.91. The first-order valence-corrected chi connectivity index (χ1v) is 5.72. The third-order valence-corrected chi connectivity index (χ3v) is 2.89. The Kier molecular flexibility index (Phi) is 4.90. The van der Waals surface area contributed by atoms with E-state index in [9.17, 15) is 0 Å². The van der Waals surface area contributed by atoms with E-state index in [1.807, 2.05) is 0 Å². The fourth-order valence-corrected chi connectivity index (χ4v) is 1.39. The van der Waals surface area contributed by atoms with Gasteiger partial charge in [0.15, 0.2) is 0 Å². The molecule has 0 aliphatic heterocycles. The van der Waals surface area contributed by atoms with E-state index < -0.39 is 0 Å². The van der Waals surface area contributed by atoms with Crippen LogP contribution in [0.25, 0.3) is 0 Å². The summed E-state index contributed by atoms with van der Waals surface area (Å²) in [6.07, 6.45) is 0.957. The highest BCUT2D eigenvalue weighted by Crippen LogP contribution is 2.25. The lowest BCUT2D eigenvalue weighted by Crippen LogP contribution is -2.26. The number of nitrogens with two attached hydrogens (primary N) is 1. The van der Waals surface area contributed by atoms with Gasteiger partial charge in [-0.05, 0) is 39.6 Å². The Morgan fingerprint density at radius 3 is 2.75 bits per heavy atom. The lowest BCUT2D eigenvalue weighted by molar-refractivity contribution is 0.234. The summed E-state index contributed by atoms with van der Waals surface area (Å²) in [6, 6.07) is 5.75. The smallest absolute Gasteiger partial charge is 0.143 e. The van der Waals surface area contributed by atoms with E-state index in [4.69, 9.17) is 22.1 Å². The van der Waals surface area contributed by atoms with Crippen LogP contribution in [0.5, 0.6) is 5.75 Å². The maximum atomic E-state index is 5.86. The van der Waals surface area contributed by atoms with Crippen molar-refractivity contribution < 1.29 is 4.74 Å². The van der Waals surface area contributed by atoms with Crippen molar-refractivity contribution in [1.82, 2.24) is 4.90 Å². The minimum absolute atomic E-state index is 0.486. The topological polar surface area (TPSA) is 38.5 Å². The van der Waals surface area contributed by atoms with E-state index in [1.54, 1.807) is 18.2 Å². The van der Waals surface area contributed by atoms with Crippen molar-refractivity contribution >= 4 is 17.3 Å². The van der Waals surface area contributed by atoms with Crippen LogP contribution in [0, 0.1) is 0 Å². The Labute approximate surface area is 102 Å². The molecule has 2 N–H and O–H groups in total. The zero-order valence-electron chi connectivity index (χ0n) is 10.0. The molecule has 0 radical (unpaired) electrons. The average Bonchev–Trinajstić information content (AvgIpc) is 2.22. The molecule has 1 aromatic carbocycles. The minimum atomic E-state index is 0.486. The maximum absolute atomic E-state index is 5.86. The Morgan fingerprint density at radius 2 is 2.12 bits per heavy atom. The SMILES string of the molecule is CC(CCOc1cc(Cl)ccc1N)N(C)C. The number of rotatable bonds is 5. The van der Waals surface area contributed by atoms with Crippen molar-refractivity contribution in [1.29, 1.82) is 0 Å². The molecule has 0 saturated carbocycles. The molecule has 1 atom stereocenters. The number of halogens is 1. The molecule has 0 spiro atoms. The number of hydrogen-bond donors (Lipinski definition) is 1. The third-order valence-electron chi connectivity index (χ3n) is 2.65. The van der Waals surface area contributed by atoms with Crippen LogP contribution in [-0.4, -0.2) is 31.6 Å². The van der Waals surface area contributed by atoms with E-state index in [0.29, 0.717) is 29.1 Å². The van der Waals surface area contributed by atoms with Crippen molar-refractivity contribution in [2.75, 3.05) is 26.4 Å². The van der Waals surface area contributed by atoms with Gasteiger partial charge in [-0.1, -0.05) is 11.6 Å². The molecule has 0 saturated heterocycles. The maximum Gasteiger partial charge on any atom is 0.143 e. The summed E-state index contributed by atoms with van der Waals surface area (Å²) in [5.41, 5.74) is 6.40. The number of hydrogen-bond acceptors (Lipinski definition) is 3. The normalized spacial score (nSPS) is 12.8. The molecule has 4 heteroatoms. The van der Waals surface area contributed by atoms with E-state index in [2.05, 4.69) is 25.9 Å². The summed E-state index contributed by atoms with van der Waals surface area (Å²) in [5.74, 6) is 0.665. The standard InChI is InChI=1S/C12H19ClN2O/c1-9(15(2)3)6-7-16-12-8-10(13)4-5-11(12)14/h4-5,8-9H,6-7,14H2,1-3H3. The quantitative estimate of drug-likeness (QED) is 0.807. The van der Waals surface area contributed by atoms with Gasteiger partial charge in [0.1, 0.15) is 5.75 Å². The van der Waals surface area contributed by atoms with Gasteiger partial charge in [-0.3, -0.25) is 0 Å². The van der Waals surface area contributed by atoms with Crippen LogP contribution >= 0.6 is 11.6 Å². The molecule has 0 bridgehead atoms. The van der Waals surface area contributed by atoms with Crippen LogP contribution in [-0.2, 0) is 0 Å². The Bertz CT molecular complexity index is 342. The van der Waals surface area contributed by atoms with Crippen molar-refractivity contribution in [3.63, 3.8) is 0 Å². The molecule has 90 valence electrons. The number of anilines is 1. The van der Waals surface area contributed by atoms with Crippen molar-refractivity contribution in [2.45, 2.75) is 19.4 Å². The molecular weight excluding hydrogens is 224 g/mol. The monoisotopic (exact) mass is 242 g/mol. The van der Waals surface area contributed by atoms with Crippen LogP contribution < -0.4 is 10.5 Å². The molecule has 3 nitrogen and oxygen atoms in total. The zero-order valence-corrected chi connectivity index (χ0v) is 10.8. The number of ether oxygens (including phenoxy) is 1. The van der Waals surface area contributed by atoms with Gasteiger partial charge in [-0.15, -0.1) is 0 Å². The molecule has 1 aromatic rings. The highest BCUT2D eigenvalue weighted by atomic mass is 35.5. The Morgan fingerprint density at radius 1 is 1.44 bits per heavy atom. The van der Waals surface area contributed by atoms with Gasteiger partial charge in [0.25, 0.3) is 0 Å². The zero-order chi connectivity index (χ0) is 12.1. The fraction of sp³-hybridized carbons (Fsp3) is 0.500. The summed E-state index contributed by atoms with van der Waals surface area (Å²) in [6.45, 7) is 2.80. The van der Waals surface area contributed by atoms with Gasteiger partial charge in [0.2, 0.25) is 0 Å². The molecular formula is C12H19ClN2O. The second-order valence-electron chi connectivity index (χ2n) is 4.13. The van der Waals surface area contributed by atoms with E-state index in [1.165, 1.54) is 0 Å². The van der Waals surface area contributed by atoms with Gasteiger partial charge in [0, 0.05) is 17.1 Å². The van der Waals surface area contributed by atoms with Crippen molar-refractivity contribution in [2.24, 2.45) is 0 Å². The van der Waals surface area contributed by atoms with Crippen LogP contribution in [0.15, 0.2) is 18.2 Å². The fourth-order valence-electron chi connectivity index (χ4n) is 1.23. The Balaban J connectivity index is 2.45. The van der Waals surface area contributed by atoms with Gasteiger partial charge in [-0.2, -0.15) is 0 Å².